The van der Waals surface area contributed by atoms with Crippen LogP contribution >= 0.6 is 0 Å². The van der Waals surface area contributed by atoms with Crippen molar-refractivity contribution >= 4 is 0 Å². The van der Waals surface area contributed by atoms with Crippen LogP contribution in [0.4, 0.5) is 0 Å². The molecule has 1 aliphatic rings. The van der Waals surface area contributed by atoms with Gasteiger partial charge in [0.1, 0.15) is 0 Å². The van der Waals surface area contributed by atoms with Crippen molar-refractivity contribution in [2.45, 2.75) is 57.9 Å². The summed E-state index contributed by atoms with van der Waals surface area (Å²) >= 11 is 0. The molecule has 0 aliphatic carbocycles. The van der Waals surface area contributed by atoms with Gasteiger partial charge in [0, 0.05) is 5.54 Å². The minimum absolute atomic E-state index is 0.0827. The average Bonchev–Trinajstić information content (AvgIpc) is 2.58. The molecule has 3 heteroatoms. The van der Waals surface area contributed by atoms with Crippen molar-refractivity contribution in [3.05, 3.63) is 0 Å². The minimum Gasteiger partial charge on any atom is -0.394 e. The van der Waals surface area contributed by atoms with E-state index in [0.29, 0.717) is 0 Å². The lowest BCUT2D eigenvalue weighted by molar-refractivity contribution is 0.158. The Morgan fingerprint density at radius 1 is 1.18 bits per heavy atom. The number of nitrogens with one attached hydrogen (secondary N) is 1. The van der Waals surface area contributed by atoms with E-state index in [4.69, 9.17) is 0 Å². The van der Waals surface area contributed by atoms with Gasteiger partial charge < -0.3 is 15.3 Å². The molecular weight excluding hydrogens is 212 g/mol. The van der Waals surface area contributed by atoms with Crippen molar-refractivity contribution in [3.63, 3.8) is 0 Å². The van der Waals surface area contributed by atoms with Crippen LogP contribution in [0, 0.1) is 0 Å². The van der Waals surface area contributed by atoms with Crippen molar-refractivity contribution in [2.75, 3.05) is 32.8 Å². The number of aliphatic hydroxyl groups excluding tert-OH is 1. The Morgan fingerprint density at radius 2 is 1.82 bits per heavy atom. The first-order valence-corrected chi connectivity index (χ1v) is 7.28. The quantitative estimate of drug-likeness (QED) is 0.717. The Bertz CT molecular complexity index is 191. The maximum Gasteiger partial charge on any atom is 0.0610 e. The molecule has 0 aromatic carbocycles. The molecule has 1 fully saturated rings. The highest BCUT2D eigenvalue weighted by atomic mass is 16.3. The van der Waals surface area contributed by atoms with E-state index in [0.717, 1.165) is 13.0 Å². The minimum atomic E-state index is -0.0827. The lowest BCUT2D eigenvalue weighted by Gasteiger charge is -2.29. The summed E-state index contributed by atoms with van der Waals surface area (Å²) in [5.41, 5.74) is -0.0827. The molecule has 1 unspecified atom stereocenters. The van der Waals surface area contributed by atoms with Crippen molar-refractivity contribution in [2.24, 2.45) is 0 Å². The molecular formula is C14H30N2O. The molecule has 0 bridgehead atoms. The van der Waals surface area contributed by atoms with Crippen LogP contribution in [-0.2, 0) is 0 Å². The third-order valence-electron chi connectivity index (χ3n) is 3.85. The zero-order chi connectivity index (χ0) is 12.6. The highest BCUT2D eigenvalue weighted by Gasteiger charge is 2.21. The predicted molar refractivity (Wildman–Crippen MR) is 73.3 cm³/mol. The number of aliphatic hydroxyl groups is 1. The molecule has 1 atom stereocenters. The fourth-order valence-electron chi connectivity index (χ4n) is 2.70. The molecule has 0 aromatic heterocycles. The molecule has 1 aliphatic heterocycles. The van der Waals surface area contributed by atoms with Crippen LogP contribution in [0.1, 0.15) is 52.4 Å². The molecule has 3 nitrogen and oxygen atoms in total. The molecule has 17 heavy (non-hydrogen) atoms. The summed E-state index contributed by atoms with van der Waals surface area (Å²) in [7, 11) is 0. The highest BCUT2D eigenvalue weighted by molar-refractivity contribution is 4.82. The molecule has 1 saturated heterocycles. The molecule has 102 valence electrons. The summed E-state index contributed by atoms with van der Waals surface area (Å²) < 4.78 is 0. The summed E-state index contributed by atoms with van der Waals surface area (Å²) in [5.74, 6) is 0. The molecule has 0 radical (unpaired) electrons. The fraction of sp³-hybridized carbons (Fsp3) is 1.00. The SMILES string of the molecule is CCNC(C)(CO)CCCN1CCCCCC1. The van der Waals surface area contributed by atoms with Gasteiger partial charge in [0.15, 0.2) is 0 Å². The van der Waals surface area contributed by atoms with Crippen LogP contribution in [0.2, 0.25) is 0 Å². The zero-order valence-electron chi connectivity index (χ0n) is 11.7. The fourth-order valence-corrected chi connectivity index (χ4v) is 2.70. The normalized spacial score (nSPS) is 22.1. The van der Waals surface area contributed by atoms with E-state index in [-0.39, 0.29) is 12.1 Å². The Balaban J connectivity index is 2.20. The first-order chi connectivity index (χ1) is 8.20. The van der Waals surface area contributed by atoms with E-state index in [2.05, 4.69) is 24.1 Å². The highest BCUT2D eigenvalue weighted by Crippen LogP contribution is 2.14. The van der Waals surface area contributed by atoms with E-state index in [1.165, 1.54) is 51.7 Å². The van der Waals surface area contributed by atoms with Crippen LogP contribution in [0.25, 0.3) is 0 Å². The summed E-state index contributed by atoms with van der Waals surface area (Å²) in [6, 6.07) is 0. The van der Waals surface area contributed by atoms with Gasteiger partial charge in [0.2, 0.25) is 0 Å². The van der Waals surface area contributed by atoms with Crippen molar-refractivity contribution < 1.29 is 5.11 Å². The van der Waals surface area contributed by atoms with Crippen molar-refractivity contribution in [1.29, 1.82) is 0 Å². The Kier molecular flexibility index (Phi) is 7.09. The molecule has 1 rings (SSSR count). The van der Waals surface area contributed by atoms with Crippen LogP contribution in [0.3, 0.4) is 0 Å². The third kappa shape index (κ3) is 5.84. The van der Waals surface area contributed by atoms with Crippen LogP contribution < -0.4 is 5.32 Å². The van der Waals surface area contributed by atoms with Gasteiger partial charge >= 0.3 is 0 Å². The molecule has 0 amide bonds. The van der Waals surface area contributed by atoms with Gasteiger partial charge in [-0.05, 0) is 58.8 Å². The second kappa shape index (κ2) is 8.06. The van der Waals surface area contributed by atoms with Gasteiger partial charge in [-0.15, -0.1) is 0 Å². The van der Waals surface area contributed by atoms with Gasteiger partial charge in [0.05, 0.1) is 6.61 Å². The van der Waals surface area contributed by atoms with Gasteiger partial charge in [0.25, 0.3) is 0 Å². The lowest BCUT2D eigenvalue weighted by Crippen LogP contribution is -2.46. The van der Waals surface area contributed by atoms with E-state index in [1.54, 1.807) is 0 Å². The maximum atomic E-state index is 9.42. The monoisotopic (exact) mass is 242 g/mol. The van der Waals surface area contributed by atoms with Crippen molar-refractivity contribution in [1.82, 2.24) is 10.2 Å². The smallest absolute Gasteiger partial charge is 0.0610 e. The summed E-state index contributed by atoms with van der Waals surface area (Å²) in [6.45, 7) is 9.14. The first kappa shape index (κ1) is 14.9. The average molecular weight is 242 g/mol. The van der Waals surface area contributed by atoms with Gasteiger partial charge in [-0.3, -0.25) is 0 Å². The third-order valence-corrected chi connectivity index (χ3v) is 3.85. The second-order valence-electron chi connectivity index (χ2n) is 5.61. The first-order valence-electron chi connectivity index (χ1n) is 7.28. The molecule has 0 saturated carbocycles. The van der Waals surface area contributed by atoms with Crippen molar-refractivity contribution in [3.8, 4) is 0 Å². The number of hydrogen-bond donors (Lipinski definition) is 2. The number of likely N-dealkylation sites (N-methyl/N-ethyl adjacent to an activating group) is 1. The van der Waals surface area contributed by atoms with E-state index in [9.17, 15) is 5.11 Å². The standard InChI is InChI=1S/C14H30N2O/c1-3-15-14(2,13-17)9-8-12-16-10-6-4-5-7-11-16/h15,17H,3-13H2,1-2H3. The van der Waals surface area contributed by atoms with Gasteiger partial charge in [-0.25, -0.2) is 0 Å². The van der Waals surface area contributed by atoms with Gasteiger partial charge in [-0.1, -0.05) is 19.8 Å². The maximum absolute atomic E-state index is 9.42. The second-order valence-corrected chi connectivity index (χ2v) is 5.61. The summed E-state index contributed by atoms with van der Waals surface area (Å²) in [6.07, 6.45) is 7.79. The van der Waals surface area contributed by atoms with E-state index < -0.39 is 0 Å². The van der Waals surface area contributed by atoms with E-state index in [1.807, 2.05) is 0 Å². The van der Waals surface area contributed by atoms with E-state index >= 15 is 0 Å². The van der Waals surface area contributed by atoms with Crippen LogP contribution in [0.15, 0.2) is 0 Å². The molecule has 1 heterocycles. The topological polar surface area (TPSA) is 35.5 Å². The largest absolute Gasteiger partial charge is 0.394 e. The van der Waals surface area contributed by atoms with Crippen LogP contribution in [-0.4, -0.2) is 48.3 Å². The number of hydrogen-bond acceptors (Lipinski definition) is 3. The molecule has 0 spiro atoms. The van der Waals surface area contributed by atoms with Gasteiger partial charge in [-0.2, -0.15) is 0 Å². The summed E-state index contributed by atoms with van der Waals surface area (Å²) in [4.78, 5) is 2.59. The number of likely N-dealkylation sites (tertiary alicyclic amines) is 1. The molecule has 2 N–H and O–H groups in total. The predicted octanol–water partition coefficient (Wildman–Crippen LogP) is 2.00. The Labute approximate surface area is 107 Å². The number of rotatable bonds is 7. The lowest BCUT2D eigenvalue weighted by atomic mass is 9.96. The van der Waals surface area contributed by atoms with Crippen LogP contribution in [0.5, 0.6) is 0 Å². The summed E-state index contributed by atoms with van der Waals surface area (Å²) in [5, 5.41) is 12.8. The number of nitrogens with zero attached hydrogens (tertiary/aromatic N) is 1. The molecule has 0 aromatic rings. The Morgan fingerprint density at radius 3 is 2.35 bits per heavy atom. The zero-order valence-corrected chi connectivity index (χ0v) is 11.7. The Hall–Kier alpha value is -0.120.